The van der Waals surface area contributed by atoms with Crippen LogP contribution in [0.25, 0.3) is 0 Å². The van der Waals surface area contributed by atoms with Crippen LogP contribution in [0.15, 0.2) is 0 Å². The molecule has 32 heavy (non-hydrogen) atoms. The molecule has 2 unspecified atom stereocenters. The summed E-state index contributed by atoms with van der Waals surface area (Å²) in [5.74, 6) is 7.50. The van der Waals surface area contributed by atoms with Crippen LogP contribution in [0.1, 0.15) is 0 Å². The largest absolute Gasteiger partial charge is 0.351 e. The van der Waals surface area contributed by atoms with Crippen molar-refractivity contribution in [3.63, 3.8) is 0 Å². The summed E-state index contributed by atoms with van der Waals surface area (Å²) in [5.41, 5.74) is 0. The highest BCUT2D eigenvalue weighted by Crippen LogP contribution is 2.30. The summed E-state index contributed by atoms with van der Waals surface area (Å²) >= 11 is 7.38. The molecule has 7 saturated heterocycles. The van der Waals surface area contributed by atoms with E-state index < -0.39 is 0 Å². The summed E-state index contributed by atoms with van der Waals surface area (Å²) in [4.78, 5) is 0. The van der Waals surface area contributed by atoms with Gasteiger partial charge in [-0.3, -0.25) is 0 Å². The van der Waals surface area contributed by atoms with Crippen molar-refractivity contribution in [2.45, 2.75) is 43.7 Å². The number of fused-ring (bicyclic) bond motifs is 2. The molecule has 0 radical (unpaired) electrons. The van der Waals surface area contributed by atoms with Gasteiger partial charge in [-0.25, -0.2) is 0 Å². The van der Waals surface area contributed by atoms with Gasteiger partial charge in [0.05, 0.1) is 32.3 Å². The Kier molecular flexibility index (Phi) is 9.95. The lowest BCUT2D eigenvalue weighted by molar-refractivity contribution is -0.370. The molecular weight excluding hydrogens is 496 g/mol. The average molecular weight is 529 g/mol. The second kappa shape index (κ2) is 12.9. The molecule has 0 aromatic heterocycles. The van der Waals surface area contributed by atoms with E-state index in [1.54, 1.807) is 0 Å². The standard InChI is InChI=1S/C20H32O8S4/c1-3-31-11-18-21-5-13-6-22-19(28-20(13)27-18)12-32-4-2-30-10-17-24-8-14-15(26-17)7-23-16(25-14)9-29-1/h13-20H,1-12H2/t13?,14-,15-,16+,17+,18-,19+,20?/m0/s1. The zero-order chi connectivity index (χ0) is 21.6. The Hall–Kier alpha value is 1.08. The Balaban J connectivity index is 1.12. The molecule has 0 aliphatic carbocycles. The molecule has 7 aliphatic heterocycles. The van der Waals surface area contributed by atoms with Crippen molar-refractivity contribution in [3.8, 4) is 0 Å². The van der Waals surface area contributed by atoms with Crippen molar-refractivity contribution in [3.05, 3.63) is 0 Å². The summed E-state index contributed by atoms with van der Waals surface area (Å²) in [5, 5.41) is 0. The van der Waals surface area contributed by atoms with E-state index in [2.05, 4.69) is 0 Å². The van der Waals surface area contributed by atoms with Gasteiger partial charge in [0.15, 0.2) is 31.5 Å². The van der Waals surface area contributed by atoms with Crippen LogP contribution >= 0.6 is 47.0 Å². The van der Waals surface area contributed by atoms with Crippen LogP contribution in [0.2, 0.25) is 0 Å². The van der Waals surface area contributed by atoms with Gasteiger partial charge in [-0.15, -0.1) is 0 Å². The van der Waals surface area contributed by atoms with Crippen LogP contribution in [-0.2, 0) is 37.9 Å². The minimum absolute atomic E-state index is 0.0362. The van der Waals surface area contributed by atoms with E-state index in [0.29, 0.717) is 26.4 Å². The molecule has 0 aromatic rings. The number of rotatable bonds is 0. The van der Waals surface area contributed by atoms with Gasteiger partial charge in [-0.1, -0.05) is 0 Å². The lowest BCUT2D eigenvalue weighted by Crippen LogP contribution is -2.54. The third-order valence-electron chi connectivity index (χ3n) is 5.67. The van der Waals surface area contributed by atoms with Crippen LogP contribution in [-0.4, -0.2) is 116 Å². The first kappa shape index (κ1) is 24.8. The predicted octanol–water partition coefficient (Wildman–Crippen LogP) is 2.10. The lowest BCUT2D eigenvalue weighted by Gasteiger charge is -2.41. The Bertz CT molecular complexity index is 532. The van der Waals surface area contributed by atoms with Crippen molar-refractivity contribution in [2.75, 3.05) is 72.5 Å². The molecule has 7 rings (SSSR count). The highest BCUT2D eigenvalue weighted by molar-refractivity contribution is 8.03. The number of hydrogen-bond acceptors (Lipinski definition) is 12. The summed E-state index contributed by atoms with van der Waals surface area (Å²) in [7, 11) is 0. The molecule has 8 nitrogen and oxygen atoms in total. The van der Waals surface area contributed by atoms with Crippen LogP contribution < -0.4 is 0 Å². The van der Waals surface area contributed by atoms with Crippen LogP contribution in [0.4, 0.5) is 0 Å². The third kappa shape index (κ3) is 7.07. The Morgan fingerprint density at radius 1 is 0.438 bits per heavy atom. The van der Waals surface area contributed by atoms with Gasteiger partial charge in [-0.2, -0.15) is 47.0 Å². The molecule has 0 saturated carbocycles. The summed E-state index contributed by atoms with van der Waals surface area (Å²) in [6.45, 7) is 2.41. The maximum atomic E-state index is 6.08. The minimum atomic E-state index is -0.228. The fourth-order valence-corrected chi connectivity index (χ4v) is 7.97. The smallest absolute Gasteiger partial charge is 0.171 e. The van der Waals surface area contributed by atoms with Gasteiger partial charge in [-0.05, 0) is 0 Å². The lowest BCUT2D eigenvalue weighted by atomic mass is 10.1. The van der Waals surface area contributed by atoms with E-state index in [9.17, 15) is 0 Å². The Morgan fingerprint density at radius 2 is 0.812 bits per heavy atom. The van der Waals surface area contributed by atoms with Crippen LogP contribution in [0, 0.1) is 5.92 Å². The molecule has 0 spiro atoms. The van der Waals surface area contributed by atoms with Crippen molar-refractivity contribution in [1.82, 2.24) is 0 Å². The summed E-state index contributed by atoms with van der Waals surface area (Å²) in [6.07, 6.45) is -1.11. The number of thioether (sulfide) groups is 4. The van der Waals surface area contributed by atoms with Gasteiger partial charge < -0.3 is 37.9 Å². The van der Waals surface area contributed by atoms with Crippen molar-refractivity contribution in [1.29, 1.82) is 0 Å². The number of ether oxygens (including phenoxy) is 8. The summed E-state index contributed by atoms with van der Waals surface area (Å²) < 4.78 is 47.8. The molecule has 7 bridgehead atoms. The molecule has 7 aliphatic rings. The molecule has 8 atom stereocenters. The van der Waals surface area contributed by atoms with Gasteiger partial charge in [0.2, 0.25) is 0 Å². The molecule has 0 amide bonds. The Labute approximate surface area is 206 Å². The molecule has 184 valence electrons. The first-order valence-electron chi connectivity index (χ1n) is 11.2. The van der Waals surface area contributed by atoms with Gasteiger partial charge >= 0.3 is 0 Å². The topological polar surface area (TPSA) is 73.8 Å². The average Bonchev–Trinajstić information content (AvgIpc) is 2.82. The van der Waals surface area contributed by atoms with Gasteiger partial charge in [0, 0.05) is 46.0 Å². The quantitative estimate of drug-likeness (QED) is 0.462. The summed E-state index contributed by atoms with van der Waals surface area (Å²) in [6, 6.07) is 0. The van der Waals surface area contributed by atoms with Crippen LogP contribution in [0.3, 0.4) is 0 Å². The Morgan fingerprint density at radius 3 is 1.25 bits per heavy atom. The molecule has 0 N–H and O–H groups in total. The highest BCUT2D eigenvalue weighted by Gasteiger charge is 2.40. The van der Waals surface area contributed by atoms with E-state index in [0.717, 1.165) is 46.0 Å². The molecular formula is C20H32O8S4. The molecule has 0 aromatic carbocycles. The fourth-order valence-electron chi connectivity index (χ4n) is 3.94. The SMILES string of the molecule is C1CSC[C@@H]2OC[C@@H]3O[C@H](CSCCSC[C@H]4OCC5CO[C@@H](CS1)OC5O4)OC[C@@H]3O2. The predicted molar refractivity (Wildman–Crippen MR) is 127 cm³/mol. The maximum Gasteiger partial charge on any atom is 0.171 e. The minimum Gasteiger partial charge on any atom is -0.351 e. The van der Waals surface area contributed by atoms with E-state index in [1.807, 2.05) is 47.0 Å². The third-order valence-corrected chi connectivity index (χ3v) is 10.2. The highest BCUT2D eigenvalue weighted by atomic mass is 32.2. The first-order valence-corrected chi connectivity index (χ1v) is 15.8. The first-order chi connectivity index (χ1) is 15.8. The second-order valence-electron chi connectivity index (χ2n) is 8.10. The zero-order valence-corrected chi connectivity index (χ0v) is 21.3. The molecule has 7 heterocycles. The van der Waals surface area contributed by atoms with Gasteiger partial charge in [0.25, 0.3) is 0 Å². The van der Waals surface area contributed by atoms with E-state index in [1.165, 1.54) is 0 Å². The van der Waals surface area contributed by atoms with E-state index in [-0.39, 0.29) is 49.6 Å². The maximum absolute atomic E-state index is 6.08. The second-order valence-corrected chi connectivity index (χ2v) is 12.7. The monoisotopic (exact) mass is 528 g/mol. The van der Waals surface area contributed by atoms with E-state index >= 15 is 0 Å². The van der Waals surface area contributed by atoms with E-state index in [4.69, 9.17) is 37.9 Å². The van der Waals surface area contributed by atoms with Crippen LogP contribution in [0.5, 0.6) is 0 Å². The fraction of sp³-hybridized carbons (Fsp3) is 1.00. The molecule has 12 heteroatoms. The van der Waals surface area contributed by atoms with Gasteiger partial charge in [0.1, 0.15) is 12.2 Å². The van der Waals surface area contributed by atoms with Crippen molar-refractivity contribution in [2.24, 2.45) is 5.92 Å². The zero-order valence-electron chi connectivity index (χ0n) is 18.0. The van der Waals surface area contributed by atoms with Crippen molar-refractivity contribution >= 4 is 47.0 Å². The number of hydrogen-bond donors (Lipinski definition) is 0. The van der Waals surface area contributed by atoms with Crippen molar-refractivity contribution < 1.29 is 37.9 Å². The molecule has 7 fully saturated rings. The normalized spacial score (nSPS) is 45.0.